The molecule has 0 bridgehead atoms. The van der Waals surface area contributed by atoms with Crippen LogP contribution in [0.1, 0.15) is 24.8 Å². The van der Waals surface area contributed by atoms with E-state index in [0.717, 1.165) is 48.1 Å². The topological polar surface area (TPSA) is 41.6 Å². The fraction of sp³-hybridized carbons (Fsp3) is 0.562. The molecule has 1 aliphatic rings. The summed E-state index contributed by atoms with van der Waals surface area (Å²) in [5, 5.41) is 3.28. The molecule has 6 heteroatoms. The molecule has 0 unspecified atom stereocenters. The highest BCUT2D eigenvalue weighted by Crippen LogP contribution is 2.26. The molecule has 1 aromatic rings. The van der Waals surface area contributed by atoms with Crippen LogP contribution in [-0.2, 0) is 11.2 Å². The summed E-state index contributed by atoms with van der Waals surface area (Å²) in [5.74, 6) is 1.08. The van der Waals surface area contributed by atoms with E-state index in [9.17, 15) is 4.79 Å². The van der Waals surface area contributed by atoms with Gasteiger partial charge in [0.05, 0.1) is 11.6 Å². The van der Waals surface area contributed by atoms with Crippen molar-refractivity contribution in [1.29, 1.82) is 0 Å². The van der Waals surface area contributed by atoms with Gasteiger partial charge in [0.2, 0.25) is 5.91 Å². The van der Waals surface area contributed by atoms with Gasteiger partial charge in [-0.3, -0.25) is 4.79 Å². The number of ether oxygens (including phenoxy) is 1. The molecule has 0 aromatic heterocycles. The highest BCUT2D eigenvalue weighted by molar-refractivity contribution is 9.10. The minimum Gasteiger partial charge on any atom is -0.496 e. The Kier molecular flexibility index (Phi) is 8.21. The second-order valence-corrected chi connectivity index (χ2v) is 6.27. The van der Waals surface area contributed by atoms with E-state index in [4.69, 9.17) is 4.74 Å². The lowest BCUT2D eigenvalue weighted by atomic mass is 10.0. The van der Waals surface area contributed by atoms with Gasteiger partial charge >= 0.3 is 0 Å². The van der Waals surface area contributed by atoms with Crippen LogP contribution >= 0.6 is 28.3 Å². The van der Waals surface area contributed by atoms with Crippen LogP contribution in [0.2, 0.25) is 0 Å². The number of methoxy groups -OCH3 is 1. The van der Waals surface area contributed by atoms with E-state index >= 15 is 0 Å². The van der Waals surface area contributed by atoms with Crippen molar-refractivity contribution in [3.8, 4) is 5.75 Å². The number of benzene rings is 1. The number of hydrogen-bond acceptors (Lipinski definition) is 3. The molecule has 0 saturated carbocycles. The quantitative estimate of drug-likeness (QED) is 0.839. The summed E-state index contributed by atoms with van der Waals surface area (Å²) in [6.07, 6.45) is 3.45. The first-order valence-electron chi connectivity index (χ1n) is 7.41. The van der Waals surface area contributed by atoms with Crippen LogP contribution in [0.25, 0.3) is 0 Å². The average Bonchev–Trinajstić information content (AvgIpc) is 2.52. The number of carbonyl (C=O) groups is 1. The molecule has 4 nitrogen and oxygen atoms in total. The van der Waals surface area contributed by atoms with Gasteiger partial charge in [-0.1, -0.05) is 6.07 Å². The Bertz CT molecular complexity index is 491. The molecule has 0 atom stereocenters. The zero-order valence-corrected chi connectivity index (χ0v) is 15.5. The van der Waals surface area contributed by atoms with Crippen molar-refractivity contribution in [2.75, 3.05) is 27.2 Å². The predicted molar refractivity (Wildman–Crippen MR) is 94.9 cm³/mol. The lowest BCUT2D eigenvalue weighted by molar-refractivity contribution is -0.132. The monoisotopic (exact) mass is 390 g/mol. The lowest BCUT2D eigenvalue weighted by Gasteiger charge is -2.31. The number of rotatable bonds is 5. The summed E-state index contributed by atoms with van der Waals surface area (Å²) in [5.41, 5.74) is 1.15. The van der Waals surface area contributed by atoms with Gasteiger partial charge < -0.3 is 15.0 Å². The van der Waals surface area contributed by atoms with Crippen molar-refractivity contribution in [1.82, 2.24) is 10.2 Å². The summed E-state index contributed by atoms with van der Waals surface area (Å²) in [6, 6.07) is 6.54. The Balaban J connectivity index is 0.00000242. The SMILES string of the molecule is CNC1CCN(C(=O)CCc2ccc(OC)c(Br)c2)CC1.Cl. The molecule has 2 rings (SSSR count). The first kappa shape index (κ1) is 19.3. The third-order valence-electron chi connectivity index (χ3n) is 4.10. The van der Waals surface area contributed by atoms with E-state index < -0.39 is 0 Å². The van der Waals surface area contributed by atoms with E-state index in [2.05, 4.69) is 21.2 Å². The standard InChI is InChI=1S/C16H23BrN2O2.ClH/c1-18-13-7-9-19(10-8-13)16(20)6-4-12-3-5-15(21-2)14(17)11-12;/h3,5,11,13,18H,4,6-10H2,1-2H3;1H. The Labute approximate surface area is 147 Å². The number of amides is 1. The van der Waals surface area contributed by atoms with Gasteiger partial charge in [-0.05, 0) is 59.9 Å². The summed E-state index contributed by atoms with van der Waals surface area (Å²) < 4.78 is 6.15. The molecule has 1 aliphatic heterocycles. The van der Waals surface area contributed by atoms with E-state index in [1.54, 1.807) is 7.11 Å². The van der Waals surface area contributed by atoms with Crippen LogP contribution in [0, 0.1) is 0 Å². The number of nitrogens with zero attached hydrogens (tertiary/aromatic N) is 1. The van der Waals surface area contributed by atoms with Crippen molar-refractivity contribution in [3.63, 3.8) is 0 Å². The van der Waals surface area contributed by atoms with E-state index in [1.807, 2.05) is 30.1 Å². The minimum atomic E-state index is 0. The van der Waals surface area contributed by atoms with Crippen LogP contribution in [0.15, 0.2) is 22.7 Å². The average molecular weight is 392 g/mol. The molecule has 1 fully saturated rings. The van der Waals surface area contributed by atoms with Crippen LogP contribution in [-0.4, -0.2) is 44.1 Å². The summed E-state index contributed by atoms with van der Waals surface area (Å²) in [7, 11) is 3.64. The van der Waals surface area contributed by atoms with Crippen LogP contribution in [0.3, 0.4) is 0 Å². The van der Waals surface area contributed by atoms with E-state index in [1.165, 1.54) is 0 Å². The van der Waals surface area contributed by atoms with Gasteiger partial charge in [-0.25, -0.2) is 0 Å². The molecule has 124 valence electrons. The Morgan fingerprint density at radius 3 is 2.64 bits per heavy atom. The zero-order chi connectivity index (χ0) is 15.2. The number of piperidine rings is 1. The maximum Gasteiger partial charge on any atom is 0.222 e. The highest BCUT2D eigenvalue weighted by atomic mass is 79.9. The maximum absolute atomic E-state index is 12.2. The first-order chi connectivity index (χ1) is 10.1. The van der Waals surface area contributed by atoms with E-state index in [-0.39, 0.29) is 18.3 Å². The largest absolute Gasteiger partial charge is 0.496 e. The van der Waals surface area contributed by atoms with Crippen LogP contribution < -0.4 is 10.1 Å². The molecule has 1 amide bonds. The number of carbonyl (C=O) groups excluding carboxylic acids is 1. The second kappa shape index (κ2) is 9.38. The number of nitrogens with one attached hydrogen (secondary N) is 1. The number of likely N-dealkylation sites (tertiary alicyclic amines) is 1. The Morgan fingerprint density at radius 1 is 1.41 bits per heavy atom. The van der Waals surface area contributed by atoms with Gasteiger partial charge in [0.1, 0.15) is 5.75 Å². The summed E-state index contributed by atoms with van der Waals surface area (Å²) in [4.78, 5) is 14.2. The van der Waals surface area contributed by atoms with E-state index in [0.29, 0.717) is 12.5 Å². The minimum absolute atomic E-state index is 0. The summed E-state index contributed by atoms with van der Waals surface area (Å²) >= 11 is 3.48. The number of halogens is 2. The zero-order valence-electron chi connectivity index (χ0n) is 13.1. The van der Waals surface area contributed by atoms with Gasteiger partial charge in [-0.2, -0.15) is 0 Å². The Morgan fingerprint density at radius 2 is 2.09 bits per heavy atom. The first-order valence-corrected chi connectivity index (χ1v) is 8.20. The molecule has 0 spiro atoms. The molecule has 1 heterocycles. The number of aryl methyl sites for hydroxylation is 1. The maximum atomic E-state index is 12.2. The van der Waals surface area contributed by atoms with Gasteiger partial charge in [0.25, 0.3) is 0 Å². The molecular weight excluding hydrogens is 368 g/mol. The normalized spacial score (nSPS) is 15.3. The highest BCUT2D eigenvalue weighted by Gasteiger charge is 2.21. The molecule has 0 radical (unpaired) electrons. The van der Waals surface area contributed by atoms with Gasteiger partial charge in [-0.15, -0.1) is 12.4 Å². The summed E-state index contributed by atoms with van der Waals surface area (Å²) in [6.45, 7) is 1.74. The van der Waals surface area contributed by atoms with Crippen LogP contribution in [0.4, 0.5) is 0 Å². The lowest BCUT2D eigenvalue weighted by Crippen LogP contribution is -2.44. The van der Waals surface area contributed by atoms with Crippen LogP contribution in [0.5, 0.6) is 5.75 Å². The number of hydrogen-bond donors (Lipinski definition) is 1. The Hall–Kier alpha value is -0.780. The van der Waals surface area contributed by atoms with Gasteiger partial charge in [0.15, 0.2) is 0 Å². The molecular formula is C16H24BrClN2O2. The molecule has 0 aliphatic carbocycles. The second-order valence-electron chi connectivity index (χ2n) is 5.41. The molecule has 22 heavy (non-hydrogen) atoms. The molecule has 1 N–H and O–H groups in total. The van der Waals surface area contributed by atoms with Crippen molar-refractivity contribution >= 4 is 34.2 Å². The van der Waals surface area contributed by atoms with Crippen molar-refractivity contribution < 1.29 is 9.53 Å². The van der Waals surface area contributed by atoms with Crippen molar-refractivity contribution in [2.24, 2.45) is 0 Å². The molecule has 1 aromatic carbocycles. The van der Waals surface area contributed by atoms with Crippen molar-refractivity contribution in [2.45, 2.75) is 31.7 Å². The molecule has 1 saturated heterocycles. The van der Waals surface area contributed by atoms with Gasteiger partial charge in [0, 0.05) is 25.6 Å². The predicted octanol–water partition coefficient (Wildman–Crippen LogP) is 3.02. The smallest absolute Gasteiger partial charge is 0.222 e. The third-order valence-corrected chi connectivity index (χ3v) is 4.72. The third kappa shape index (κ3) is 5.14. The fourth-order valence-electron chi connectivity index (χ4n) is 2.69. The fourth-order valence-corrected chi connectivity index (χ4v) is 3.28. The van der Waals surface area contributed by atoms with Crippen molar-refractivity contribution in [3.05, 3.63) is 28.2 Å².